The van der Waals surface area contributed by atoms with Crippen LogP contribution in [0.4, 0.5) is 13.2 Å². The highest BCUT2D eigenvalue weighted by Crippen LogP contribution is 2.32. The average molecular weight is 264 g/mol. The first kappa shape index (κ1) is 14.0. The third kappa shape index (κ3) is 2.77. The molecule has 0 amide bonds. The van der Waals surface area contributed by atoms with Crippen LogP contribution in [0, 0.1) is 5.82 Å². The Morgan fingerprint density at radius 1 is 1.39 bits per heavy atom. The van der Waals surface area contributed by atoms with E-state index >= 15 is 0 Å². The number of carboxylic acid groups (broad SMARTS) is 1. The van der Waals surface area contributed by atoms with Gasteiger partial charge in [0.1, 0.15) is 0 Å². The molecule has 1 aromatic carbocycles. The van der Waals surface area contributed by atoms with E-state index in [0.717, 1.165) is 6.07 Å². The van der Waals surface area contributed by atoms with Crippen LogP contribution in [0.25, 0.3) is 0 Å². The summed E-state index contributed by atoms with van der Waals surface area (Å²) in [6, 6.07) is 1.50. The van der Waals surface area contributed by atoms with E-state index in [1.165, 1.54) is 0 Å². The fourth-order valence-corrected chi connectivity index (χ4v) is 1.31. The van der Waals surface area contributed by atoms with Gasteiger partial charge in [-0.25, -0.2) is 9.18 Å². The van der Waals surface area contributed by atoms with E-state index < -0.39 is 41.4 Å². The number of carbonyl (C=O) groups is 2. The van der Waals surface area contributed by atoms with Crippen LogP contribution in [0.3, 0.4) is 0 Å². The summed E-state index contributed by atoms with van der Waals surface area (Å²) in [5, 5.41) is 17.9. The van der Waals surface area contributed by atoms with Gasteiger partial charge < -0.3 is 14.9 Å². The summed E-state index contributed by atoms with van der Waals surface area (Å²) in [5.74, 6) is -4.30. The van der Waals surface area contributed by atoms with E-state index in [-0.39, 0.29) is 6.29 Å². The van der Waals surface area contributed by atoms with Crippen molar-refractivity contribution < 1.29 is 37.7 Å². The smallest absolute Gasteiger partial charge is 0.387 e. The number of alkyl halides is 2. The molecular formula is C10H7F3O5. The monoisotopic (exact) mass is 264 g/mol. The molecule has 0 aromatic heterocycles. The summed E-state index contributed by atoms with van der Waals surface area (Å²) in [6.45, 7) is -3.43. The number of carbonyl (C=O) groups excluding carboxylic acids is 1. The number of benzene rings is 1. The molecule has 0 bridgehead atoms. The Labute approximate surface area is 98.4 Å². The molecule has 0 heterocycles. The number of aliphatic hydroxyl groups is 1. The minimum atomic E-state index is -3.43. The van der Waals surface area contributed by atoms with E-state index in [1.54, 1.807) is 0 Å². The molecule has 0 saturated carbocycles. The number of ether oxygens (including phenoxy) is 1. The molecule has 1 unspecified atom stereocenters. The number of aldehydes is 1. The second-order valence-electron chi connectivity index (χ2n) is 3.12. The minimum absolute atomic E-state index is 0.0965. The lowest BCUT2D eigenvalue weighted by atomic mass is 10.0. The van der Waals surface area contributed by atoms with Crippen molar-refractivity contribution in [2.45, 2.75) is 12.7 Å². The zero-order valence-corrected chi connectivity index (χ0v) is 8.64. The van der Waals surface area contributed by atoms with Crippen LogP contribution >= 0.6 is 0 Å². The number of rotatable bonds is 5. The van der Waals surface area contributed by atoms with Gasteiger partial charge in [-0.2, -0.15) is 8.78 Å². The largest absolute Gasteiger partial charge is 0.479 e. The molecule has 0 aliphatic carbocycles. The Morgan fingerprint density at radius 3 is 2.44 bits per heavy atom. The van der Waals surface area contributed by atoms with Gasteiger partial charge in [0.25, 0.3) is 0 Å². The fraction of sp³-hybridized carbons (Fsp3) is 0.200. The van der Waals surface area contributed by atoms with Crippen molar-refractivity contribution in [2.24, 2.45) is 0 Å². The summed E-state index contributed by atoms with van der Waals surface area (Å²) in [7, 11) is 0. The minimum Gasteiger partial charge on any atom is -0.479 e. The van der Waals surface area contributed by atoms with Gasteiger partial charge >= 0.3 is 12.6 Å². The van der Waals surface area contributed by atoms with Gasteiger partial charge in [-0.3, -0.25) is 4.79 Å². The molecule has 0 aliphatic rings. The Balaban J connectivity index is 3.45. The number of hydrogen-bond donors (Lipinski definition) is 2. The Bertz CT molecular complexity index is 475. The van der Waals surface area contributed by atoms with Gasteiger partial charge in [0, 0.05) is 11.1 Å². The topological polar surface area (TPSA) is 83.8 Å². The van der Waals surface area contributed by atoms with E-state index in [0.29, 0.717) is 6.07 Å². The summed E-state index contributed by atoms with van der Waals surface area (Å²) < 4.78 is 41.2. The summed E-state index contributed by atoms with van der Waals surface area (Å²) in [4.78, 5) is 21.2. The van der Waals surface area contributed by atoms with Crippen molar-refractivity contribution in [3.8, 4) is 5.75 Å². The van der Waals surface area contributed by atoms with Crippen molar-refractivity contribution in [3.05, 3.63) is 29.1 Å². The van der Waals surface area contributed by atoms with Gasteiger partial charge in [0.05, 0.1) is 0 Å². The van der Waals surface area contributed by atoms with Crippen LogP contribution in [0.5, 0.6) is 5.75 Å². The van der Waals surface area contributed by atoms with Gasteiger partial charge in [0.15, 0.2) is 24.0 Å². The maximum absolute atomic E-state index is 13.3. The standard InChI is InChI=1S/C10H7F3O5/c11-5-2-1-4(3-14)6(7(15)9(16)17)8(5)18-10(12)13/h1-3,7,10,15H,(H,16,17). The van der Waals surface area contributed by atoms with Gasteiger partial charge in [-0.15, -0.1) is 0 Å². The number of halogens is 3. The van der Waals surface area contributed by atoms with Crippen molar-refractivity contribution in [3.63, 3.8) is 0 Å². The van der Waals surface area contributed by atoms with Crippen LogP contribution in [-0.4, -0.2) is 29.1 Å². The fourth-order valence-electron chi connectivity index (χ4n) is 1.31. The molecule has 18 heavy (non-hydrogen) atoms. The SMILES string of the molecule is O=Cc1ccc(F)c(OC(F)F)c1C(O)C(=O)O. The maximum atomic E-state index is 13.3. The quantitative estimate of drug-likeness (QED) is 0.784. The molecule has 5 nitrogen and oxygen atoms in total. The maximum Gasteiger partial charge on any atom is 0.387 e. The van der Waals surface area contributed by atoms with Crippen molar-refractivity contribution in [2.75, 3.05) is 0 Å². The molecule has 2 N–H and O–H groups in total. The highest BCUT2D eigenvalue weighted by atomic mass is 19.3. The first-order valence-corrected chi connectivity index (χ1v) is 4.51. The number of carboxylic acids is 1. The lowest BCUT2D eigenvalue weighted by molar-refractivity contribution is -0.147. The van der Waals surface area contributed by atoms with Crippen molar-refractivity contribution in [1.82, 2.24) is 0 Å². The molecule has 0 fully saturated rings. The summed E-state index contributed by atoms with van der Waals surface area (Å²) in [5.41, 5.74) is -1.31. The highest BCUT2D eigenvalue weighted by molar-refractivity contribution is 5.84. The number of hydrogen-bond acceptors (Lipinski definition) is 4. The van der Waals surface area contributed by atoms with Crippen molar-refractivity contribution in [1.29, 1.82) is 0 Å². The van der Waals surface area contributed by atoms with Crippen LogP contribution in [-0.2, 0) is 4.79 Å². The van der Waals surface area contributed by atoms with E-state index in [9.17, 15) is 27.9 Å². The van der Waals surface area contributed by atoms with Gasteiger partial charge in [0.2, 0.25) is 0 Å². The second kappa shape index (κ2) is 5.50. The normalized spacial score (nSPS) is 12.3. The lowest BCUT2D eigenvalue weighted by Crippen LogP contribution is -2.17. The van der Waals surface area contributed by atoms with Crippen molar-refractivity contribution >= 4 is 12.3 Å². The molecule has 8 heteroatoms. The molecule has 0 radical (unpaired) electrons. The second-order valence-corrected chi connectivity index (χ2v) is 3.12. The molecule has 1 rings (SSSR count). The predicted octanol–water partition coefficient (Wildman–Crippen LogP) is 1.36. The van der Waals surface area contributed by atoms with Crippen LogP contribution in [0.2, 0.25) is 0 Å². The zero-order valence-electron chi connectivity index (χ0n) is 8.64. The lowest BCUT2D eigenvalue weighted by Gasteiger charge is -2.15. The van der Waals surface area contributed by atoms with Gasteiger partial charge in [-0.05, 0) is 12.1 Å². The van der Waals surface area contributed by atoms with E-state index in [2.05, 4.69) is 4.74 Å². The average Bonchev–Trinajstić information content (AvgIpc) is 2.30. The number of aliphatic carboxylic acids is 1. The molecular weight excluding hydrogens is 257 g/mol. The molecule has 1 atom stereocenters. The summed E-state index contributed by atoms with van der Waals surface area (Å²) in [6.07, 6.45) is -2.26. The predicted molar refractivity (Wildman–Crippen MR) is 51.0 cm³/mol. The highest BCUT2D eigenvalue weighted by Gasteiger charge is 2.28. The third-order valence-corrected chi connectivity index (χ3v) is 2.02. The zero-order chi connectivity index (χ0) is 13.9. The molecule has 0 spiro atoms. The van der Waals surface area contributed by atoms with Crippen LogP contribution < -0.4 is 4.74 Å². The Hall–Kier alpha value is -2.09. The summed E-state index contributed by atoms with van der Waals surface area (Å²) >= 11 is 0. The first-order valence-electron chi connectivity index (χ1n) is 4.51. The molecule has 1 aromatic rings. The number of aliphatic hydroxyl groups excluding tert-OH is 1. The van der Waals surface area contributed by atoms with E-state index in [1.807, 2.05) is 0 Å². The van der Waals surface area contributed by atoms with Crippen LogP contribution in [0.1, 0.15) is 22.0 Å². The van der Waals surface area contributed by atoms with Crippen LogP contribution in [0.15, 0.2) is 12.1 Å². The van der Waals surface area contributed by atoms with E-state index in [4.69, 9.17) is 5.11 Å². The Morgan fingerprint density at radius 2 is 2.00 bits per heavy atom. The Kier molecular flexibility index (Phi) is 4.27. The first-order chi connectivity index (χ1) is 8.38. The third-order valence-electron chi connectivity index (χ3n) is 2.02. The molecule has 0 saturated heterocycles. The molecule has 0 aliphatic heterocycles. The molecule has 98 valence electrons. The van der Waals surface area contributed by atoms with Gasteiger partial charge in [-0.1, -0.05) is 0 Å².